The van der Waals surface area contributed by atoms with E-state index in [1.807, 2.05) is 37.3 Å². The Labute approximate surface area is 155 Å². The summed E-state index contributed by atoms with van der Waals surface area (Å²) < 4.78 is 5.61. The van der Waals surface area contributed by atoms with Gasteiger partial charge in [-0.25, -0.2) is 0 Å². The lowest BCUT2D eigenvalue weighted by molar-refractivity contribution is -0.118. The van der Waals surface area contributed by atoms with Gasteiger partial charge in [0.2, 0.25) is 5.91 Å². The van der Waals surface area contributed by atoms with Crippen LogP contribution < -0.4 is 5.73 Å². The molecule has 3 aromatic rings. The number of nitrogens with two attached hydrogens (primary N) is 1. The molecule has 0 unspecified atom stereocenters. The predicted molar refractivity (Wildman–Crippen MR) is 103 cm³/mol. The molecular weight excluding hydrogens is 346 g/mol. The highest BCUT2D eigenvalue weighted by Gasteiger charge is 2.33. The number of carbonyl (C=O) groups excluding carboxylic acids is 1. The Morgan fingerprint density at radius 1 is 1.19 bits per heavy atom. The molecule has 0 saturated carbocycles. The molecule has 4 rings (SSSR count). The third-order valence-electron chi connectivity index (χ3n) is 4.77. The minimum Gasteiger partial charge on any atom is -0.370 e. The average Bonchev–Trinajstić information content (AvgIpc) is 3.08. The monoisotopic (exact) mass is 365 g/mol. The quantitative estimate of drug-likeness (QED) is 0.759. The van der Waals surface area contributed by atoms with E-state index in [0.29, 0.717) is 5.76 Å². The van der Waals surface area contributed by atoms with E-state index in [0.717, 1.165) is 33.0 Å². The van der Waals surface area contributed by atoms with E-state index in [1.165, 1.54) is 10.4 Å². The molecule has 3 heterocycles. The fourth-order valence-corrected chi connectivity index (χ4v) is 4.67. The van der Waals surface area contributed by atoms with Crippen LogP contribution in [0, 0.1) is 20.8 Å². The first-order valence-electron chi connectivity index (χ1n) is 8.45. The van der Waals surface area contributed by atoms with E-state index in [-0.39, 0.29) is 6.42 Å². The van der Waals surface area contributed by atoms with Crippen LogP contribution in [0.1, 0.15) is 45.5 Å². The zero-order valence-electron chi connectivity index (χ0n) is 14.9. The SMILES string of the molecule is Cc1noc2c1-c1sc(C)c(C)c1C(c1ccccc1)=N[C@H]2CC(N)=O. The molecule has 1 amide bonds. The first-order chi connectivity index (χ1) is 12.5. The highest BCUT2D eigenvalue weighted by molar-refractivity contribution is 7.16. The largest absolute Gasteiger partial charge is 0.370 e. The maximum atomic E-state index is 11.7. The van der Waals surface area contributed by atoms with Crippen LogP contribution in [0.15, 0.2) is 39.8 Å². The number of carbonyl (C=O) groups is 1. The average molecular weight is 365 g/mol. The van der Waals surface area contributed by atoms with E-state index in [1.54, 1.807) is 11.3 Å². The third kappa shape index (κ3) is 2.57. The Bertz CT molecular complexity index is 1030. The number of aryl methyl sites for hydroxylation is 2. The van der Waals surface area contributed by atoms with Crippen molar-refractivity contribution < 1.29 is 9.32 Å². The van der Waals surface area contributed by atoms with Crippen molar-refractivity contribution in [3.63, 3.8) is 0 Å². The van der Waals surface area contributed by atoms with Gasteiger partial charge in [0.05, 0.1) is 23.4 Å². The number of amides is 1. The van der Waals surface area contributed by atoms with Gasteiger partial charge >= 0.3 is 0 Å². The van der Waals surface area contributed by atoms with Crippen LogP contribution >= 0.6 is 11.3 Å². The molecule has 0 aliphatic carbocycles. The molecule has 132 valence electrons. The van der Waals surface area contributed by atoms with E-state index in [4.69, 9.17) is 15.2 Å². The van der Waals surface area contributed by atoms with E-state index < -0.39 is 11.9 Å². The number of rotatable bonds is 3. The number of thiophene rings is 1. The van der Waals surface area contributed by atoms with E-state index in [2.05, 4.69) is 19.0 Å². The summed E-state index contributed by atoms with van der Waals surface area (Å²) in [5, 5.41) is 4.14. The van der Waals surface area contributed by atoms with Crippen molar-refractivity contribution in [2.75, 3.05) is 0 Å². The Kier molecular flexibility index (Phi) is 4.00. The summed E-state index contributed by atoms with van der Waals surface area (Å²) in [6.07, 6.45) is 0.0882. The zero-order chi connectivity index (χ0) is 18.4. The number of aliphatic imine (C=N–C) groups is 1. The summed E-state index contributed by atoms with van der Waals surface area (Å²) in [5.41, 5.74) is 11.4. The van der Waals surface area contributed by atoms with Gasteiger partial charge in [-0.15, -0.1) is 11.3 Å². The molecule has 0 fully saturated rings. The maximum absolute atomic E-state index is 11.7. The van der Waals surface area contributed by atoms with Crippen LogP contribution in [-0.2, 0) is 4.79 Å². The van der Waals surface area contributed by atoms with Crippen molar-refractivity contribution in [3.8, 4) is 10.4 Å². The molecule has 0 bridgehead atoms. The summed E-state index contributed by atoms with van der Waals surface area (Å²) in [7, 11) is 0. The van der Waals surface area contributed by atoms with Crippen LogP contribution in [0.2, 0.25) is 0 Å². The minimum atomic E-state index is -0.474. The molecule has 2 N–H and O–H groups in total. The Morgan fingerprint density at radius 3 is 2.62 bits per heavy atom. The van der Waals surface area contributed by atoms with Gasteiger partial charge in [0.25, 0.3) is 0 Å². The zero-order valence-corrected chi connectivity index (χ0v) is 15.7. The van der Waals surface area contributed by atoms with Crippen molar-refractivity contribution in [1.82, 2.24) is 5.16 Å². The molecule has 0 saturated heterocycles. The van der Waals surface area contributed by atoms with Gasteiger partial charge in [0.1, 0.15) is 6.04 Å². The number of fused-ring (bicyclic) bond motifs is 3. The summed E-state index contributed by atoms with van der Waals surface area (Å²) in [4.78, 5) is 18.9. The predicted octanol–water partition coefficient (Wildman–Crippen LogP) is 4.10. The number of aromatic nitrogens is 1. The first-order valence-corrected chi connectivity index (χ1v) is 9.27. The van der Waals surface area contributed by atoms with Gasteiger partial charge < -0.3 is 10.3 Å². The molecule has 6 heteroatoms. The van der Waals surface area contributed by atoms with Crippen LogP contribution in [-0.4, -0.2) is 16.8 Å². The van der Waals surface area contributed by atoms with Crippen molar-refractivity contribution >= 4 is 23.0 Å². The van der Waals surface area contributed by atoms with E-state index in [9.17, 15) is 4.79 Å². The Hall–Kier alpha value is -2.73. The summed E-state index contributed by atoms with van der Waals surface area (Å²) >= 11 is 1.71. The molecule has 5 nitrogen and oxygen atoms in total. The van der Waals surface area contributed by atoms with Crippen molar-refractivity contribution in [2.45, 2.75) is 33.2 Å². The van der Waals surface area contributed by atoms with Crippen LogP contribution in [0.5, 0.6) is 0 Å². The van der Waals surface area contributed by atoms with Gasteiger partial charge in [-0.1, -0.05) is 35.5 Å². The highest BCUT2D eigenvalue weighted by atomic mass is 32.1. The molecule has 1 aliphatic rings. The lowest BCUT2D eigenvalue weighted by Gasteiger charge is -2.11. The molecule has 1 atom stereocenters. The normalized spacial score (nSPS) is 15.8. The Balaban J connectivity index is 2.05. The van der Waals surface area contributed by atoms with Crippen molar-refractivity contribution in [1.29, 1.82) is 0 Å². The smallest absolute Gasteiger partial charge is 0.220 e. The molecule has 0 radical (unpaired) electrons. The second-order valence-corrected chi connectivity index (χ2v) is 7.75. The first kappa shape index (κ1) is 16.7. The number of benzene rings is 1. The highest BCUT2D eigenvalue weighted by Crippen LogP contribution is 2.46. The van der Waals surface area contributed by atoms with Gasteiger partial charge in [-0.2, -0.15) is 0 Å². The van der Waals surface area contributed by atoms with Gasteiger partial charge in [-0.3, -0.25) is 9.79 Å². The summed E-state index contributed by atoms with van der Waals surface area (Å²) in [5.74, 6) is 0.207. The summed E-state index contributed by atoms with van der Waals surface area (Å²) in [6, 6.07) is 9.56. The molecule has 0 spiro atoms. The third-order valence-corrected chi connectivity index (χ3v) is 5.99. The number of nitrogens with zero attached hydrogens (tertiary/aromatic N) is 2. The van der Waals surface area contributed by atoms with Crippen molar-refractivity contribution in [3.05, 3.63) is 63.4 Å². The number of hydrogen-bond acceptors (Lipinski definition) is 5. The lowest BCUT2D eigenvalue weighted by Crippen LogP contribution is -2.15. The van der Waals surface area contributed by atoms with Gasteiger partial charge in [-0.05, 0) is 26.3 Å². The Morgan fingerprint density at radius 2 is 1.92 bits per heavy atom. The van der Waals surface area contributed by atoms with Crippen LogP contribution in [0.3, 0.4) is 0 Å². The molecule has 2 aromatic heterocycles. The van der Waals surface area contributed by atoms with Crippen molar-refractivity contribution in [2.24, 2.45) is 10.7 Å². The molecular formula is C20H19N3O2S. The topological polar surface area (TPSA) is 81.5 Å². The second-order valence-electron chi connectivity index (χ2n) is 6.52. The molecule has 1 aliphatic heterocycles. The fraction of sp³-hybridized carbons (Fsp3) is 0.250. The maximum Gasteiger partial charge on any atom is 0.220 e. The lowest BCUT2D eigenvalue weighted by atomic mass is 9.96. The van der Waals surface area contributed by atoms with Crippen LogP contribution in [0.4, 0.5) is 0 Å². The number of primary amides is 1. The van der Waals surface area contributed by atoms with E-state index >= 15 is 0 Å². The van der Waals surface area contributed by atoms with Crippen LogP contribution in [0.25, 0.3) is 10.4 Å². The summed E-state index contributed by atoms with van der Waals surface area (Å²) in [6.45, 7) is 6.14. The fourth-order valence-electron chi connectivity index (χ4n) is 3.40. The minimum absolute atomic E-state index is 0.0882. The van der Waals surface area contributed by atoms with Gasteiger partial charge in [0.15, 0.2) is 5.76 Å². The molecule has 26 heavy (non-hydrogen) atoms. The second kappa shape index (κ2) is 6.21. The standard InChI is InChI=1S/C20H19N3O2S/c1-10-12(3)26-20-16(10)18(13-7-5-4-6-8-13)22-14(9-15(21)24)19-17(20)11(2)23-25-19/h4-8,14H,9H2,1-3H3,(H2,21,24)/t14-/m0/s1. The van der Waals surface area contributed by atoms with Gasteiger partial charge in [0, 0.05) is 20.9 Å². The molecule has 1 aromatic carbocycles. The number of hydrogen-bond donors (Lipinski definition) is 1.